The van der Waals surface area contributed by atoms with Crippen molar-refractivity contribution in [2.24, 2.45) is 0 Å². The van der Waals surface area contributed by atoms with E-state index in [1.54, 1.807) is 6.92 Å². The maximum absolute atomic E-state index is 11.8. The van der Waals surface area contributed by atoms with Gasteiger partial charge in [-0.3, -0.25) is 0 Å². The Hall–Kier alpha value is -1.31. The molecule has 0 aromatic heterocycles. The third kappa shape index (κ3) is 5.87. The van der Waals surface area contributed by atoms with Crippen molar-refractivity contribution in [3.8, 4) is 11.5 Å². The predicted molar refractivity (Wildman–Crippen MR) is 98.0 cm³/mol. The van der Waals surface area contributed by atoms with Crippen LogP contribution in [0.4, 0.5) is 0 Å². The summed E-state index contributed by atoms with van der Waals surface area (Å²) in [6.07, 6.45) is 0.731. The first-order chi connectivity index (χ1) is 11.8. The number of nitrogens with one attached hydrogen (secondary N) is 1. The molecule has 0 saturated carbocycles. The average molecular weight is 371 g/mol. The first kappa shape index (κ1) is 20.0. The molecule has 142 valence electrons. The fourth-order valence-corrected chi connectivity index (χ4v) is 3.60. The molecule has 0 aliphatic carbocycles. The monoisotopic (exact) mass is 371 g/mol. The maximum atomic E-state index is 11.8. The molecular weight excluding hydrogens is 342 g/mol. The van der Waals surface area contributed by atoms with E-state index >= 15 is 0 Å². The molecular formula is C18H29NO5S. The summed E-state index contributed by atoms with van der Waals surface area (Å²) in [4.78, 5) is 0. The Morgan fingerprint density at radius 1 is 1.28 bits per heavy atom. The van der Waals surface area contributed by atoms with Crippen LogP contribution in [0.1, 0.15) is 45.6 Å². The molecule has 0 radical (unpaired) electrons. The Bertz CT molecular complexity index is 672. The molecule has 0 amide bonds. The first-order valence-corrected chi connectivity index (χ1v) is 10.4. The predicted octanol–water partition coefficient (Wildman–Crippen LogP) is 2.69. The molecule has 0 saturated heterocycles. The second-order valence-electron chi connectivity index (χ2n) is 6.76. The summed E-state index contributed by atoms with van der Waals surface area (Å²) >= 11 is 0. The molecule has 2 rings (SSSR count). The van der Waals surface area contributed by atoms with Gasteiger partial charge in [0.25, 0.3) is 0 Å². The minimum Gasteiger partial charge on any atom is -0.491 e. The van der Waals surface area contributed by atoms with Gasteiger partial charge in [0.05, 0.1) is 12.4 Å². The SMILES string of the molecule is CCOCCOc1ccc2c(c1)C(CNS(=O)(=O)CC)CC(C)(C)O2. The smallest absolute Gasteiger partial charge is 0.211 e. The van der Waals surface area contributed by atoms with Crippen molar-refractivity contribution in [2.45, 2.75) is 45.6 Å². The van der Waals surface area contributed by atoms with E-state index in [1.807, 2.05) is 39.0 Å². The summed E-state index contributed by atoms with van der Waals surface area (Å²) < 4.78 is 43.3. The van der Waals surface area contributed by atoms with E-state index in [1.165, 1.54) is 0 Å². The number of ether oxygens (including phenoxy) is 3. The van der Waals surface area contributed by atoms with Crippen LogP contribution in [0, 0.1) is 0 Å². The molecule has 1 aliphatic rings. The van der Waals surface area contributed by atoms with Crippen LogP contribution in [-0.2, 0) is 14.8 Å². The van der Waals surface area contributed by atoms with Crippen LogP contribution in [0.5, 0.6) is 11.5 Å². The van der Waals surface area contributed by atoms with E-state index in [4.69, 9.17) is 14.2 Å². The van der Waals surface area contributed by atoms with Gasteiger partial charge >= 0.3 is 0 Å². The molecule has 1 N–H and O–H groups in total. The van der Waals surface area contributed by atoms with E-state index in [0.29, 0.717) is 26.4 Å². The Morgan fingerprint density at radius 2 is 2.04 bits per heavy atom. The van der Waals surface area contributed by atoms with Crippen LogP contribution < -0.4 is 14.2 Å². The highest BCUT2D eigenvalue weighted by Crippen LogP contribution is 2.42. The largest absolute Gasteiger partial charge is 0.491 e. The van der Waals surface area contributed by atoms with Crippen LogP contribution in [-0.4, -0.2) is 46.1 Å². The van der Waals surface area contributed by atoms with Gasteiger partial charge in [0.15, 0.2) is 0 Å². The lowest BCUT2D eigenvalue weighted by Crippen LogP contribution is -2.39. The van der Waals surface area contributed by atoms with E-state index in [-0.39, 0.29) is 17.3 Å². The average Bonchev–Trinajstić information content (AvgIpc) is 2.56. The molecule has 25 heavy (non-hydrogen) atoms. The van der Waals surface area contributed by atoms with Crippen LogP contribution in [0.2, 0.25) is 0 Å². The fraction of sp³-hybridized carbons (Fsp3) is 0.667. The lowest BCUT2D eigenvalue weighted by atomic mass is 9.84. The number of rotatable bonds is 9. The lowest BCUT2D eigenvalue weighted by molar-refractivity contribution is 0.0720. The fourth-order valence-electron chi connectivity index (χ4n) is 2.95. The zero-order valence-corrected chi connectivity index (χ0v) is 16.3. The van der Waals surface area contributed by atoms with Gasteiger partial charge in [-0.05, 0) is 52.3 Å². The molecule has 1 unspecified atom stereocenters. The molecule has 0 spiro atoms. The minimum absolute atomic E-state index is 0.0375. The standard InChI is InChI=1S/C18H29NO5S/c1-5-22-9-10-23-15-7-8-17-16(11-15)14(12-18(3,4)24-17)13-19-25(20,21)6-2/h7-8,11,14,19H,5-6,9-10,12-13H2,1-4H3. The van der Waals surface area contributed by atoms with Crippen LogP contribution >= 0.6 is 0 Å². The number of hydrogen-bond acceptors (Lipinski definition) is 5. The van der Waals surface area contributed by atoms with Gasteiger partial charge in [0.2, 0.25) is 10.0 Å². The highest BCUT2D eigenvalue weighted by atomic mass is 32.2. The Kier molecular flexibility index (Phi) is 6.71. The van der Waals surface area contributed by atoms with Crippen molar-refractivity contribution in [1.82, 2.24) is 4.72 Å². The second kappa shape index (κ2) is 8.38. The lowest BCUT2D eigenvalue weighted by Gasteiger charge is -2.38. The molecule has 1 heterocycles. The molecule has 6 nitrogen and oxygen atoms in total. The van der Waals surface area contributed by atoms with Crippen molar-refractivity contribution in [3.05, 3.63) is 23.8 Å². The Labute approximate surface area is 150 Å². The summed E-state index contributed by atoms with van der Waals surface area (Å²) in [5, 5.41) is 0. The number of fused-ring (bicyclic) bond motifs is 1. The molecule has 0 bridgehead atoms. The minimum atomic E-state index is -3.23. The van der Waals surface area contributed by atoms with E-state index < -0.39 is 10.0 Å². The van der Waals surface area contributed by atoms with Crippen LogP contribution in [0.15, 0.2) is 18.2 Å². The van der Waals surface area contributed by atoms with Gasteiger partial charge in [0, 0.05) is 24.6 Å². The molecule has 7 heteroatoms. The van der Waals surface area contributed by atoms with Crippen molar-refractivity contribution in [2.75, 3.05) is 32.1 Å². The normalized spacial score (nSPS) is 19.1. The van der Waals surface area contributed by atoms with E-state index in [9.17, 15) is 8.42 Å². The first-order valence-electron chi connectivity index (χ1n) is 8.77. The maximum Gasteiger partial charge on any atom is 0.211 e. The summed E-state index contributed by atoms with van der Waals surface area (Å²) in [6, 6.07) is 5.72. The molecule has 1 aliphatic heterocycles. The van der Waals surface area contributed by atoms with Crippen LogP contribution in [0.25, 0.3) is 0 Å². The van der Waals surface area contributed by atoms with Gasteiger partial charge < -0.3 is 14.2 Å². The van der Waals surface area contributed by atoms with Crippen molar-refractivity contribution < 1.29 is 22.6 Å². The number of hydrogen-bond donors (Lipinski definition) is 1. The third-order valence-corrected chi connectivity index (χ3v) is 5.54. The van der Waals surface area contributed by atoms with Gasteiger partial charge in [0.1, 0.15) is 23.7 Å². The topological polar surface area (TPSA) is 73.9 Å². The van der Waals surface area contributed by atoms with E-state index in [0.717, 1.165) is 23.5 Å². The Balaban J connectivity index is 2.15. The van der Waals surface area contributed by atoms with Gasteiger partial charge in [-0.1, -0.05) is 0 Å². The second-order valence-corrected chi connectivity index (χ2v) is 8.86. The molecule has 0 fully saturated rings. The van der Waals surface area contributed by atoms with Crippen LogP contribution in [0.3, 0.4) is 0 Å². The molecule has 1 atom stereocenters. The highest BCUT2D eigenvalue weighted by molar-refractivity contribution is 7.89. The zero-order chi connectivity index (χ0) is 18.5. The number of benzene rings is 1. The number of sulfonamides is 1. The summed E-state index contributed by atoms with van der Waals surface area (Å²) in [5.74, 6) is 1.64. The van der Waals surface area contributed by atoms with Crippen molar-refractivity contribution in [1.29, 1.82) is 0 Å². The molecule has 1 aromatic rings. The summed E-state index contributed by atoms with van der Waals surface area (Å²) in [7, 11) is -3.23. The third-order valence-electron chi connectivity index (χ3n) is 4.18. The van der Waals surface area contributed by atoms with E-state index in [2.05, 4.69) is 4.72 Å². The quantitative estimate of drug-likeness (QED) is 0.676. The summed E-state index contributed by atoms with van der Waals surface area (Å²) in [5.41, 5.74) is 0.638. The highest BCUT2D eigenvalue weighted by Gasteiger charge is 2.34. The zero-order valence-electron chi connectivity index (χ0n) is 15.5. The van der Waals surface area contributed by atoms with Crippen molar-refractivity contribution >= 4 is 10.0 Å². The molecule has 1 aromatic carbocycles. The van der Waals surface area contributed by atoms with Gasteiger partial charge in [-0.15, -0.1) is 0 Å². The Morgan fingerprint density at radius 3 is 2.72 bits per heavy atom. The van der Waals surface area contributed by atoms with Gasteiger partial charge in [-0.25, -0.2) is 13.1 Å². The van der Waals surface area contributed by atoms with Crippen molar-refractivity contribution in [3.63, 3.8) is 0 Å². The summed E-state index contributed by atoms with van der Waals surface area (Å²) in [6.45, 7) is 9.65. The van der Waals surface area contributed by atoms with Gasteiger partial charge in [-0.2, -0.15) is 0 Å².